The zero-order chi connectivity index (χ0) is 26.2. The predicted molar refractivity (Wildman–Crippen MR) is 139 cm³/mol. The summed E-state index contributed by atoms with van der Waals surface area (Å²) in [5.41, 5.74) is 1.38. The summed E-state index contributed by atoms with van der Waals surface area (Å²) in [6.07, 6.45) is 11.2. The number of carbonyl (C=O) groups is 1. The lowest BCUT2D eigenvalue weighted by Crippen LogP contribution is -2.22. The Morgan fingerprint density at radius 1 is 1.17 bits per heavy atom. The summed E-state index contributed by atoms with van der Waals surface area (Å²) in [7, 11) is -5.11. The minimum atomic E-state index is -3.31. The number of sulfone groups is 1. The summed E-state index contributed by atoms with van der Waals surface area (Å²) >= 11 is 0. The molecule has 9 nitrogen and oxygen atoms in total. The third kappa shape index (κ3) is 8.20. The maximum absolute atomic E-state index is 13.3. The molecule has 1 aromatic heterocycles. The number of nitrogens with zero attached hydrogens (tertiary/aromatic N) is 2. The normalized spacial score (nSPS) is 17.0. The molecule has 1 saturated carbocycles. The predicted octanol–water partition coefficient (Wildman–Crippen LogP) is 4.99. The van der Waals surface area contributed by atoms with Crippen molar-refractivity contribution in [1.82, 2.24) is 9.97 Å². The number of carbonyl (C=O) groups excluding carboxylic acids is 1. The summed E-state index contributed by atoms with van der Waals surface area (Å²) in [6.45, 7) is 2.05. The van der Waals surface area contributed by atoms with Crippen molar-refractivity contribution in [2.75, 3.05) is 31.5 Å². The molecule has 1 aliphatic rings. The number of rotatable bonds is 13. The van der Waals surface area contributed by atoms with Gasteiger partial charge in [-0.05, 0) is 43.4 Å². The van der Waals surface area contributed by atoms with E-state index in [4.69, 9.17) is 9.05 Å². The molecule has 0 saturated heterocycles. The second-order valence-corrected chi connectivity index (χ2v) is 13.5. The van der Waals surface area contributed by atoms with Crippen LogP contribution in [-0.4, -0.2) is 50.4 Å². The Bertz CT molecular complexity index is 1150. The van der Waals surface area contributed by atoms with Crippen molar-refractivity contribution in [3.8, 4) is 0 Å². The molecular weight excluding hydrogens is 501 g/mol. The summed E-state index contributed by atoms with van der Waals surface area (Å²) in [5, 5.41) is 2.86. The number of aryl methyl sites for hydroxylation is 1. The van der Waals surface area contributed by atoms with E-state index in [9.17, 15) is 17.8 Å². The van der Waals surface area contributed by atoms with E-state index in [1.165, 1.54) is 51.4 Å². The molecule has 0 spiro atoms. The Labute approximate surface area is 213 Å². The van der Waals surface area contributed by atoms with Gasteiger partial charge < -0.3 is 14.4 Å². The van der Waals surface area contributed by atoms with Crippen LogP contribution < -0.4 is 5.32 Å². The van der Waals surface area contributed by atoms with Crippen molar-refractivity contribution >= 4 is 29.2 Å². The Morgan fingerprint density at radius 3 is 2.42 bits per heavy atom. The molecule has 36 heavy (non-hydrogen) atoms. The number of benzene rings is 1. The molecule has 1 heterocycles. The summed E-state index contributed by atoms with van der Waals surface area (Å²) in [4.78, 5) is 22.2. The Morgan fingerprint density at radius 2 is 1.86 bits per heavy atom. The lowest BCUT2D eigenvalue weighted by atomic mass is 9.89. The highest BCUT2D eigenvalue weighted by molar-refractivity contribution is 7.90. The van der Waals surface area contributed by atoms with Gasteiger partial charge in [0.05, 0.1) is 41.7 Å². The van der Waals surface area contributed by atoms with Crippen LogP contribution in [0.25, 0.3) is 0 Å². The minimum Gasteiger partial charge on any atom is -0.312 e. The van der Waals surface area contributed by atoms with Crippen LogP contribution in [-0.2, 0) is 34.7 Å². The van der Waals surface area contributed by atoms with Crippen LogP contribution in [0.1, 0.15) is 62.6 Å². The van der Waals surface area contributed by atoms with Crippen molar-refractivity contribution in [3.63, 3.8) is 0 Å². The molecule has 1 N–H and O–H groups in total. The van der Waals surface area contributed by atoms with Crippen LogP contribution in [0.4, 0.5) is 5.82 Å². The molecular formula is C25H36N3O6PS. The quantitative estimate of drug-likeness (QED) is 0.354. The maximum atomic E-state index is 13.3. The fraction of sp³-hybridized carbons (Fsp3) is 0.560. The Kier molecular flexibility index (Phi) is 10.2. The lowest BCUT2D eigenvalue weighted by molar-refractivity contribution is -0.117. The molecule has 1 aliphatic carbocycles. The van der Waals surface area contributed by atoms with Crippen LogP contribution in [0, 0.1) is 5.92 Å². The first-order valence-corrected chi connectivity index (χ1v) is 16.0. The van der Waals surface area contributed by atoms with Gasteiger partial charge in [-0.15, -0.1) is 0 Å². The second-order valence-electron chi connectivity index (χ2n) is 9.19. The molecule has 0 radical (unpaired) electrons. The standard InChI is InChI=1S/C25H36N3O6PS/c1-4-34-35(30,33-2)16-15-21-17-27-24(18-26-21)28-25(29)23(14-9-19-7-5-6-8-19)20-10-12-22(13-11-20)36(3,31)32/h10-13,17-19,23H,4-9,14-16H2,1-3H3,(H,27,28,29)/t23-,35?/m1/s1. The van der Waals surface area contributed by atoms with E-state index < -0.39 is 23.4 Å². The molecule has 1 amide bonds. The highest BCUT2D eigenvalue weighted by Gasteiger charge is 2.25. The van der Waals surface area contributed by atoms with Gasteiger partial charge in [-0.2, -0.15) is 0 Å². The van der Waals surface area contributed by atoms with Crippen LogP contribution in [0.2, 0.25) is 0 Å². The van der Waals surface area contributed by atoms with E-state index in [1.807, 2.05) is 0 Å². The van der Waals surface area contributed by atoms with Crippen LogP contribution in [0.15, 0.2) is 41.6 Å². The molecule has 0 bridgehead atoms. The molecule has 2 atom stereocenters. The van der Waals surface area contributed by atoms with E-state index in [1.54, 1.807) is 31.2 Å². The molecule has 2 aromatic rings. The average Bonchev–Trinajstić information content (AvgIpc) is 3.37. The highest BCUT2D eigenvalue weighted by atomic mass is 32.2. The second kappa shape index (κ2) is 12.9. The van der Waals surface area contributed by atoms with E-state index in [-0.39, 0.29) is 17.0 Å². The molecule has 1 unspecified atom stereocenters. The SMILES string of the molecule is CCOP(=O)(CCc1cnc(NC(=O)[C@H](CCC2CCCC2)c2ccc(S(C)(=O)=O)cc2)cn1)OC. The first-order valence-electron chi connectivity index (χ1n) is 12.3. The van der Waals surface area contributed by atoms with Crippen LogP contribution in [0.5, 0.6) is 0 Å². The van der Waals surface area contributed by atoms with E-state index >= 15 is 0 Å². The van der Waals surface area contributed by atoms with E-state index in [0.29, 0.717) is 36.9 Å². The molecule has 11 heteroatoms. The number of aromatic nitrogens is 2. The van der Waals surface area contributed by atoms with Gasteiger partial charge >= 0.3 is 7.60 Å². The first-order chi connectivity index (χ1) is 17.1. The third-order valence-electron chi connectivity index (χ3n) is 6.57. The molecule has 1 aromatic carbocycles. The summed E-state index contributed by atoms with van der Waals surface area (Å²) < 4.78 is 46.4. The zero-order valence-electron chi connectivity index (χ0n) is 21.2. The summed E-state index contributed by atoms with van der Waals surface area (Å²) in [6, 6.07) is 6.54. The highest BCUT2D eigenvalue weighted by Crippen LogP contribution is 2.47. The van der Waals surface area contributed by atoms with Crippen molar-refractivity contribution in [2.24, 2.45) is 5.92 Å². The number of hydrogen-bond acceptors (Lipinski definition) is 8. The summed E-state index contributed by atoms with van der Waals surface area (Å²) in [5.74, 6) is 0.304. The van der Waals surface area contributed by atoms with Crippen molar-refractivity contribution in [3.05, 3.63) is 47.9 Å². The minimum absolute atomic E-state index is 0.185. The van der Waals surface area contributed by atoms with Crippen molar-refractivity contribution in [2.45, 2.75) is 62.7 Å². The molecule has 0 aliphatic heterocycles. The lowest BCUT2D eigenvalue weighted by Gasteiger charge is -2.19. The largest absolute Gasteiger partial charge is 0.330 e. The fourth-order valence-electron chi connectivity index (χ4n) is 4.52. The first kappa shape index (κ1) is 28.4. The number of hydrogen-bond donors (Lipinski definition) is 1. The fourth-order valence-corrected chi connectivity index (χ4v) is 6.46. The monoisotopic (exact) mass is 537 g/mol. The number of nitrogens with one attached hydrogen (secondary N) is 1. The van der Waals surface area contributed by atoms with Gasteiger partial charge in [-0.1, -0.05) is 37.8 Å². The van der Waals surface area contributed by atoms with Crippen molar-refractivity contribution in [1.29, 1.82) is 0 Å². The number of anilines is 1. The van der Waals surface area contributed by atoms with Crippen LogP contribution in [0.3, 0.4) is 0 Å². The average molecular weight is 538 g/mol. The van der Waals surface area contributed by atoms with Crippen molar-refractivity contribution < 1.29 is 26.8 Å². The Hall–Kier alpha value is -2.13. The maximum Gasteiger partial charge on any atom is 0.330 e. The number of amides is 1. The van der Waals surface area contributed by atoms with Gasteiger partial charge in [0, 0.05) is 19.8 Å². The van der Waals surface area contributed by atoms with E-state index in [2.05, 4.69) is 15.3 Å². The van der Waals surface area contributed by atoms with Gasteiger partial charge in [-0.3, -0.25) is 14.3 Å². The Balaban J connectivity index is 1.69. The van der Waals surface area contributed by atoms with Gasteiger partial charge in [-0.25, -0.2) is 13.4 Å². The van der Waals surface area contributed by atoms with Gasteiger partial charge in [0.2, 0.25) is 5.91 Å². The smallest absolute Gasteiger partial charge is 0.312 e. The van der Waals surface area contributed by atoms with Gasteiger partial charge in [0.15, 0.2) is 15.7 Å². The molecule has 198 valence electrons. The molecule has 3 rings (SSSR count). The van der Waals surface area contributed by atoms with Gasteiger partial charge in [0.25, 0.3) is 0 Å². The van der Waals surface area contributed by atoms with E-state index in [0.717, 1.165) is 12.0 Å². The molecule has 1 fully saturated rings. The van der Waals surface area contributed by atoms with Crippen LogP contribution >= 0.6 is 7.60 Å². The van der Waals surface area contributed by atoms with Gasteiger partial charge in [0.1, 0.15) is 0 Å². The third-order valence-corrected chi connectivity index (χ3v) is 9.68. The topological polar surface area (TPSA) is 125 Å². The zero-order valence-corrected chi connectivity index (χ0v) is 22.9.